The molecule has 4 rings (SSSR count). The van der Waals surface area contributed by atoms with E-state index < -0.39 is 0 Å². The summed E-state index contributed by atoms with van der Waals surface area (Å²) in [6.45, 7) is 0. The lowest BCUT2D eigenvalue weighted by molar-refractivity contribution is -0.150. The van der Waals surface area contributed by atoms with E-state index in [0.29, 0.717) is 12.1 Å². The number of piperidine rings is 1. The average molecular weight is 376 g/mol. The maximum absolute atomic E-state index is 12.6. The molecular formula is C25H29NO2. The van der Waals surface area contributed by atoms with Gasteiger partial charge in [-0.25, -0.2) is 0 Å². The third-order valence-corrected chi connectivity index (χ3v) is 6.61. The molecule has 3 heteroatoms. The lowest BCUT2D eigenvalue weighted by Gasteiger charge is -2.41. The zero-order valence-electron chi connectivity index (χ0n) is 16.8. The van der Waals surface area contributed by atoms with Gasteiger partial charge in [0.15, 0.2) is 0 Å². The van der Waals surface area contributed by atoms with Crippen molar-refractivity contribution in [3.8, 4) is 0 Å². The van der Waals surface area contributed by atoms with Crippen molar-refractivity contribution in [2.24, 2.45) is 5.92 Å². The molecule has 4 atom stereocenters. The fourth-order valence-corrected chi connectivity index (χ4v) is 5.07. The van der Waals surface area contributed by atoms with Crippen molar-refractivity contribution in [2.75, 3.05) is 14.2 Å². The first-order chi connectivity index (χ1) is 13.7. The molecule has 2 bridgehead atoms. The van der Waals surface area contributed by atoms with Crippen LogP contribution >= 0.6 is 0 Å². The Morgan fingerprint density at radius 1 is 1.11 bits per heavy atom. The predicted molar refractivity (Wildman–Crippen MR) is 113 cm³/mol. The number of methoxy groups -OCH3 is 1. The number of hydrogen-bond acceptors (Lipinski definition) is 3. The fraction of sp³-hybridized carbons (Fsp3) is 0.400. The van der Waals surface area contributed by atoms with E-state index in [2.05, 4.69) is 72.6 Å². The molecule has 2 aliphatic rings. The minimum atomic E-state index is -0.0618. The van der Waals surface area contributed by atoms with Crippen LogP contribution in [0.5, 0.6) is 0 Å². The number of carbonyl (C=O) groups excluding carboxylic acids is 1. The summed E-state index contributed by atoms with van der Waals surface area (Å²) in [5.41, 5.74) is 3.78. The summed E-state index contributed by atoms with van der Waals surface area (Å²) < 4.78 is 5.18. The molecule has 2 aliphatic heterocycles. The van der Waals surface area contributed by atoms with Crippen LogP contribution in [0.2, 0.25) is 0 Å². The van der Waals surface area contributed by atoms with Gasteiger partial charge in [0.05, 0.1) is 13.0 Å². The summed E-state index contributed by atoms with van der Waals surface area (Å²) in [6.07, 6.45) is 8.63. The summed E-state index contributed by atoms with van der Waals surface area (Å²) in [5.74, 6) is 0.130. The van der Waals surface area contributed by atoms with Crippen LogP contribution in [0.4, 0.5) is 0 Å². The molecule has 0 spiro atoms. The number of rotatable bonds is 5. The molecule has 0 aliphatic carbocycles. The van der Waals surface area contributed by atoms with Crippen molar-refractivity contribution in [1.29, 1.82) is 0 Å². The molecule has 0 aromatic heterocycles. The second-order valence-corrected chi connectivity index (χ2v) is 8.11. The lowest BCUT2D eigenvalue weighted by Crippen LogP contribution is -2.49. The van der Waals surface area contributed by atoms with Gasteiger partial charge in [0.2, 0.25) is 0 Å². The van der Waals surface area contributed by atoms with Gasteiger partial charge in [0.1, 0.15) is 0 Å². The molecule has 0 N–H and O–H groups in total. The zero-order valence-corrected chi connectivity index (χ0v) is 16.8. The molecule has 2 aromatic rings. The van der Waals surface area contributed by atoms with Crippen LogP contribution in [0.15, 0.2) is 60.7 Å². The van der Waals surface area contributed by atoms with Crippen LogP contribution in [0.3, 0.4) is 0 Å². The normalized spacial score (nSPS) is 27.2. The number of benzene rings is 2. The van der Waals surface area contributed by atoms with Crippen molar-refractivity contribution >= 4 is 12.0 Å². The van der Waals surface area contributed by atoms with Gasteiger partial charge in [-0.05, 0) is 49.4 Å². The molecule has 0 amide bonds. The summed E-state index contributed by atoms with van der Waals surface area (Å²) in [6, 6.07) is 20.1. The van der Waals surface area contributed by atoms with Crippen LogP contribution < -0.4 is 0 Å². The fourth-order valence-electron chi connectivity index (χ4n) is 5.07. The first-order valence-electron chi connectivity index (χ1n) is 10.3. The molecule has 2 saturated heterocycles. The molecule has 2 fully saturated rings. The number of fused-ring (bicyclic) bond motifs is 2. The molecule has 3 nitrogen and oxygen atoms in total. The third-order valence-electron chi connectivity index (χ3n) is 6.61. The highest BCUT2D eigenvalue weighted by Crippen LogP contribution is 2.46. The SMILES string of the molecule is COC(=O)[C@H]1[C@@H](c2ccc(/C=C/Cc3ccccc3)cc2)C[C@@H]2CC[C@H]1N2C. The minimum absolute atomic E-state index is 0.0611. The molecule has 2 aromatic carbocycles. The minimum Gasteiger partial charge on any atom is -0.469 e. The highest BCUT2D eigenvalue weighted by molar-refractivity contribution is 5.75. The first kappa shape index (κ1) is 18.9. The highest BCUT2D eigenvalue weighted by Gasteiger charge is 2.49. The van der Waals surface area contributed by atoms with Crippen molar-refractivity contribution in [3.05, 3.63) is 77.4 Å². The average Bonchev–Trinajstić information content (AvgIpc) is 2.97. The largest absolute Gasteiger partial charge is 0.469 e. The topological polar surface area (TPSA) is 29.5 Å². The molecule has 0 saturated carbocycles. The maximum atomic E-state index is 12.6. The van der Waals surface area contributed by atoms with E-state index in [0.717, 1.165) is 19.3 Å². The van der Waals surface area contributed by atoms with Gasteiger partial charge in [-0.15, -0.1) is 0 Å². The smallest absolute Gasteiger partial charge is 0.310 e. The summed E-state index contributed by atoms with van der Waals surface area (Å²) in [5, 5.41) is 0. The third kappa shape index (κ3) is 3.77. The number of hydrogen-bond donors (Lipinski definition) is 0. The van der Waals surface area contributed by atoms with Gasteiger partial charge < -0.3 is 4.74 Å². The van der Waals surface area contributed by atoms with Crippen molar-refractivity contribution in [1.82, 2.24) is 4.90 Å². The van der Waals surface area contributed by atoms with E-state index in [4.69, 9.17) is 4.74 Å². The molecule has 0 unspecified atom stereocenters. The zero-order chi connectivity index (χ0) is 19.5. The Kier molecular flexibility index (Phi) is 5.63. The Hall–Kier alpha value is -2.39. The van der Waals surface area contributed by atoms with Gasteiger partial charge in [-0.1, -0.05) is 66.7 Å². The van der Waals surface area contributed by atoms with Gasteiger partial charge in [0.25, 0.3) is 0 Å². The second kappa shape index (κ2) is 8.32. The van der Waals surface area contributed by atoms with Crippen LogP contribution in [0.1, 0.15) is 41.9 Å². The predicted octanol–water partition coefficient (Wildman–Crippen LogP) is 4.68. The molecule has 146 valence electrons. The molecule has 28 heavy (non-hydrogen) atoms. The van der Waals surface area contributed by atoms with E-state index >= 15 is 0 Å². The number of esters is 1. The Morgan fingerprint density at radius 3 is 2.57 bits per heavy atom. The van der Waals surface area contributed by atoms with Crippen LogP contribution in [0.25, 0.3) is 6.08 Å². The van der Waals surface area contributed by atoms with Gasteiger partial charge in [-0.2, -0.15) is 0 Å². The Balaban J connectivity index is 1.48. The van der Waals surface area contributed by atoms with E-state index in [1.165, 1.54) is 30.2 Å². The monoisotopic (exact) mass is 375 g/mol. The van der Waals surface area contributed by atoms with Crippen molar-refractivity contribution < 1.29 is 9.53 Å². The maximum Gasteiger partial charge on any atom is 0.310 e. The van der Waals surface area contributed by atoms with Gasteiger partial charge in [-0.3, -0.25) is 9.69 Å². The molecule has 0 radical (unpaired) electrons. The van der Waals surface area contributed by atoms with Crippen LogP contribution in [-0.2, 0) is 16.0 Å². The Labute approximate surface area is 168 Å². The highest BCUT2D eigenvalue weighted by atomic mass is 16.5. The van der Waals surface area contributed by atoms with E-state index in [1.807, 2.05) is 6.07 Å². The molecular weight excluding hydrogens is 346 g/mol. The van der Waals surface area contributed by atoms with Crippen molar-refractivity contribution in [3.63, 3.8) is 0 Å². The number of ether oxygens (including phenoxy) is 1. The number of carbonyl (C=O) groups is 1. The van der Waals surface area contributed by atoms with E-state index in [-0.39, 0.29) is 17.8 Å². The Bertz CT molecular complexity index is 827. The summed E-state index contributed by atoms with van der Waals surface area (Å²) in [7, 11) is 3.68. The van der Waals surface area contributed by atoms with Gasteiger partial charge in [0, 0.05) is 18.0 Å². The van der Waals surface area contributed by atoms with Crippen molar-refractivity contribution in [2.45, 2.75) is 43.7 Å². The lowest BCUT2D eigenvalue weighted by atomic mass is 9.76. The van der Waals surface area contributed by atoms with Crippen LogP contribution in [0, 0.1) is 5.92 Å². The standard InChI is InChI=1S/C25H29NO2/c1-26-21-15-16-23(26)24(25(27)28-2)22(17-21)20-13-11-19(12-14-20)10-6-9-18-7-4-3-5-8-18/h3-8,10-14,21-24H,9,15-17H2,1-2H3/b10-6+/t21-,22+,23+,24-/m0/s1. The Morgan fingerprint density at radius 2 is 1.86 bits per heavy atom. The van der Waals surface area contributed by atoms with E-state index in [9.17, 15) is 4.79 Å². The van der Waals surface area contributed by atoms with Gasteiger partial charge >= 0.3 is 5.97 Å². The summed E-state index contributed by atoms with van der Waals surface area (Å²) in [4.78, 5) is 15.0. The van der Waals surface area contributed by atoms with Crippen LogP contribution in [-0.4, -0.2) is 37.1 Å². The number of allylic oxidation sites excluding steroid dienone is 1. The summed E-state index contributed by atoms with van der Waals surface area (Å²) >= 11 is 0. The second-order valence-electron chi connectivity index (χ2n) is 8.11. The quantitative estimate of drug-likeness (QED) is 0.711. The van der Waals surface area contributed by atoms with E-state index in [1.54, 1.807) is 0 Å². The number of nitrogens with zero attached hydrogens (tertiary/aromatic N) is 1. The molecule has 2 heterocycles. The first-order valence-corrected chi connectivity index (χ1v) is 10.3.